The predicted molar refractivity (Wildman–Crippen MR) is 109 cm³/mol. The van der Waals surface area contributed by atoms with Gasteiger partial charge in [-0.05, 0) is 44.4 Å². The van der Waals surface area contributed by atoms with Gasteiger partial charge in [0, 0.05) is 35.2 Å². The van der Waals surface area contributed by atoms with Gasteiger partial charge in [0.25, 0.3) is 0 Å². The van der Waals surface area contributed by atoms with Crippen molar-refractivity contribution in [1.29, 1.82) is 0 Å². The first-order valence-corrected chi connectivity index (χ1v) is 11.2. The summed E-state index contributed by atoms with van der Waals surface area (Å²) in [6.45, 7) is 2.27. The summed E-state index contributed by atoms with van der Waals surface area (Å²) < 4.78 is -0.554. The molecule has 0 spiro atoms. The van der Waals surface area contributed by atoms with E-state index in [-0.39, 0.29) is 12.1 Å². The first kappa shape index (κ1) is 18.7. The number of thioether (sulfide) groups is 1. The first-order valence-electron chi connectivity index (χ1n) is 9.44. The highest BCUT2D eigenvalue weighted by Crippen LogP contribution is 2.55. The molecule has 2 saturated heterocycles. The van der Waals surface area contributed by atoms with Gasteiger partial charge in [-0.3, -0.25) is 4.90 Å². The van der Waals surface area contributed by atoms with Crippen LogP contribution in [0.4, 0.5) is 10.5 Å². The monoisotopic (exact) mass is 413 g/mol. The number of para-hydroxylation sites is 1. The molecule has 3 fully saturated rings. The maximum absolute atomic E-state index is 12.6. The number of amides is 2. The molecule has 4 rings (SSSR count). The molecule has 4 nitrogen and oxygen atoms in total. The van der Waals surface area contributed by atoms with E-state index in [2.05, 4.69) is 15.5 Å². The number of carbonyl (C=O) groups is 1. The zero-order chi connectivity index (χ0) is 18.1. The van der Waals surface area contributed by atoms with Crippen LogP contribution in [-0.4, -0.2) is 46.2 Å². The highest BCUT2D eigenvalue weighted by Gasteiger charge is 2.51. The minimum atomic E-state index is -0.554. The van der Waals surface area contributed by atoms with Crippen molar-refractivity contribution < 1.29 is 4.79 Å². The number of rotatable bonds is 5. The molecule has 2 aliphatic heterocycles. The fraction of sp³-hybridized carbons (Fsp3) is 0.632. The zero-order valence-corrected chi connectivity index (χ0v) is 17.0. The summed E-state index contributed by atoms with van der Waals surface area (Å²) in [5.74, 6) is 1.20. The molecule has 1 saturated carbocycles. The highest BCUT2D eigenvalue weighted by molar-refractivity contribution is 7.99. The average molecular weight is 414 g/mol. The lowest BCUT2D eigenvalue weighted by atomic mass is 9.99. The number of alkyl halides is 2. The maximum atomic E-state index is 12.6. The molecular weight excluding hydrogens is 389 g/mol. The Morgan fingerprint density at radius 3 is 2.85 bits per heavy atom. The zero-order valence-electron chi connectivity index (χ0n) is 14.7. The lowest BCUT2D eigenvalue weighted by Gasteiger charge is -2.32. The van der Waals surface area contributed by atoms with Gasteiger partial charge in [-0.25, -0.2) is 4.79 Å². The molecule has 0 radical (unpaired) electrons. The summed E-state index contributed by atoms with van der Waals surface area (Å²) in [6, 6.07) is 8.58. The first-order chi connectivity index (χ1) is 12.5. The Balaban J connectivity index is 1.33. The van der Waals surface area contributed by atoms with Crippen LogP contribution in [0.15, 0.2) is 29.2 Å². The maximum Gasteiger partial charge on any atom is 0.319 e. The molecule has 3 aliphatic rings. The molecule has 2 N–H and O–H groups in total. The molecule has 0 aromatic heterocycles. The van der Waals surface area contributed by atoms with Crippen molar-refractivity contribution in [3.05, 3.63) is 24.3 Å². The molecule has 7 heteroatoms. The standard InChI is InChI=1S/C19H25Cl2N3OS/c20-19(21)11-13(19)12-26-17-7-2-1-5-15(17)23-18(25)22-14-8-10-24-9-4-3-6-16(14)24/h1-2,5,7,13-14,16H,3-4,6,8-12H2,(H2,22,23,25). The van der Waals surface area contributed by atoms with Crippen LogP contribution in [0.3, 0.4) is 0 Å². The van der Waals surface area contributed by atoms with E-state index in [1.54, 1.807) is 11.8 Å². The average Bonchev–Trinajstić information content (AvgIpc) is 3.05. The Bertz CT molecular complexity index is 672. The summed E-state index contributed by atoms with van der Waals surface area (Å²) in [5.41, 5.74) is 0.851. The van der Waals surface area contributed by atoms with E-state index in [1.807, 2.05) is 24.3 Å². The van der Waals surface area contributed by atoms with Gasteiger partial charge < -0.3 is 10.6 Å². The van der Waals surface area contributed by atoms with Crippen molar-refractivity contribution in [1.82, 2.24) is 10.2 Å². The van der Waals surface area contributed by atoms with Crippen LogP contribution in [0.2, 0.25) is 0 Å². The van der Waals surface area contributed by atoms with Crippen LogP contribution in [0.1, 0.15) is 32.1 Å². The second-order valence-corrected chi connectivity index (χ2v) is 10.2. The van der Waals surface area contributed by atoms with Gasteiger partial charge in [0.1, 0.15) is 4.33 Å². The van der Waals surface area contributed by atoms with E-state index in [0.717, 1.165) is 35.7 Å². The molecule has 26 heavy (non-hydrogen) atoms. The summed E-state index contributed by atoms with van der Waals surface area (Å²) in [4.78, 5) is 16.1. The molecule has 2 amide bonds. The van der Waals surface area contributed by atoms with Gasteiger partial charge in [-0.2, -0.15) is 0 Å². The Hall–Kier alpha value is -0.620. The molecule has 2 heterocycles. The second-order valence-electron chi connectivity index (χ2n) is 7.56. The molecule has 1 aromatic carbocycles. The van der Waals surface area contributed by atoms with Crippen molar-refractivity contribution >= 4 is 46.7 Å². The Morgan fingerprint density at radius 2 is 2.04 bits per heavy atom. The minimum absolute atomic E-state index is 0.106. The van der Waals surface area contributed by atoms with Crippen LogP contribution in [0.25, 0.3) is 0 Å². The fourth-order valence-corrected chi connectivity index (χ4v) is 6.02. The van der Waals surface area contributed by atoms with E-state index in [1.165, 1.54) is 25.8 Å². The van der Waals surface area contributed by atoms with Gasteiger partial charge in [0.15, 0.2) is 0 Å². The number of urea groups is 1. The van der Waals surface area contributed by atoms with Gasteiger partial charge in [0.2, 0.25) is 0 Å². The molecule has 0 bridgehead atoms. The van der Waals surface area contributed by atoms with E-state index < -0.39 is 4.33 Å². The van der Waals surface area contributed by atoms with Gasteiger partial charge in [-0.15, -0.1) is 35.0 Å². The number of anilines is 1. The van der Waals surface area contributed by atoms with Crippen molar-refractivity contribution in [3.8, 4) is 0 Å². The van der Waals surface area contributed by atoms with Crippen LogP contribution in [0.5, 0.6) is 0 Å². The lowest BCUT2D eigenvalue weighted by molar-refractivity contribution is 0.180. The molecule has 1 aromatic rings. The van der Waals surface area contributed by atoms with Crippen molar-refractivity contribution in [2.45, 2.75) is 53.4 Å². The smallest absolute Gasteiger partial charge is 0.319 e. The van der Waals surface area contributed by atoms with Crippen molar-refractivity contribution in [3.63, 3.8) is 0 Å². The summed E-state index contributed by atoms with van der Waals surface area (Å²) >= 11 is 13.9. The third kappa shape index (κ3) is 4.27. The molecule has 1 aliphatic carbocycles. The summed E-state index contributed by atoms with van der Waals surface area (Å²) in [5, 5.41) is 6.24. The predicted octanol–water partition coefficient (Wildman–Crippen LogP) is 4.72. The Morgan fingerprint density at radius 1 is 1.23 bits per heavy atom. The van der Waals surface area contributed by atoms with Gasteiger partial charge in [-0.1, -0.05) is 18.6 Å². The van der Waals surface area contributed by atoms with Crippen molar-refractivity contribution in [2.24, 2.45) is 5.92 Å². The number of halogens is 2. The Kier molecular flexibility index (Phi) is 5.61. The number of fused-ring (bicyclic) bond motifs is 1. The number of carbonyl (C=O) groups excluding carboxylic acids is 1. The molecule has 142 valence electrons. The van der Waals surface area contributed by atoms with Crippen LogP contribution >= 0.6 is 35.0 Å². The number of nitrogens with one attached hydrogen (secondary N) is 2. The summed E-state index contributed by atoms with van der Waals surface area (Å²) in [7, 11) is 0. The number of benzene rings is 1. The van der Waals surface area contributed by atoms with Crippen LogP contribution in [0, 0.1) is 5.92 Å². The normalized spacial score (nSPS) is 29.8. The molecular formula is C19H25Cl2N3OS. The van der Waals surface area contributed by atoms with Gasteiger partial charge >= 0.3 is 6.03 Å². The second kappa shape index (κ2) is 7.78. The summed E-state index contributed by atoms with van der Waals surface area (Å²) in [6.07, 6.45) is 5.64. The number of hydrogen-bond donors (Lipinski definition) is 2. The number of piperidine rings is 1. The van der Waals surface area contributed by atoms with Crippen molar-refractivity contribution in [2.75, 3.05) is 24.2 Å². The Labute approximate surface area is 169 Å². The largest absolute Gasteiger partial charge is 0.334 e. The van der Waals surface area contributed by atoms with Crippen LogP contribution in [-0.2, 0) is 0 Å². The van der Waals surface area contributed by atoms with E-state index in [9.17, 15) is 4.79 Å². The number of hydrogen-bond acceptors (Lipinski definition) is 3. The topological polar surface area (TPSA) is 44.4 Å². The SMILES string of the molecule is O=C(Nc1ccccc1SCC1CC1(Cl)Cl)NC1CCN2CCCCC12. The molecule has 3 unspecified atom stereocenters. The molecule has 3 atom stereocenters. The van der Waals surface area contributed by atoms with E-state index in [4.69, 9.17) is 23.2 Å². The van der Waals surface area contributed by atoms with Gasteiger partial charge in [0.05, 0.1) is 5.69 Å². The third-order valence-electron chi connectivity index (χ3n) is 5.70. The highest BCUT2D eigenvalue weighted by atomic mass is 35.5. The quantitative estimate of drug-likeness (QED) is 0.541. The fourth-order valence-electron chi connectivity index (χ4n) is 4.08. The van der Waals surface area contributed by atoms with E-state index in [0.29, 0.717) is 12.0 Å². The lowest BCUT2D eigenvalue weighted by Crippen LogP contribution is -2.48. The minimum Gasteiger partial charge on any atom is -0.334 e. The van der Waals surface area contributed by atoms with E-state index >= 15 is 0 Å². The number of nitrogens with zero attached hydrogens (tertiary/aromatic N) is 1. The van der Waals surface area contributed by atoms with Crippen LogP contribution < -0.4 is 10.6 Å². The third-order valence-corrected chi connectivity index (χ3v) is 7.87.